The molecule has 1 saturated heterocycles. The Morgan fingerprint density at radius 3 is 2.95 bits per heavy atom. The van der Waals surface area contributed by atoms with Gasteiger partial charge in [0.1, 0.15) is 12.1 Å². The Kier molecular flexibility index (Phi) is 3.61. The van der Waals surface area contributed by atoms with Crippen molar-refractivity contribution in [2.75, 3.05) is 11.9 Å². The van der Waals surface area contributed by atoms with Gasteiger partial charge in [0.15, 0.2) is 0 Å². The molecule has 0 aromatic heterocycles. The Morgan fingerprint density at radius 1 is 1.53 bits per heavy atom. The predicted molar refractivity (Wildman–Crippen MR) is 67.5 cm³/mol. The molecular weight excluding hydrogens is 248 g/mol. The molecule has 0 saturated carbocycles. The maximum absolute atomic E-state index is 11.6. The quantitative estimate of drug-likeness (QED) is 0.626. The first-order valence-corrected chi connectivity index (χ1v) is 5.84. The Bertz CT molecular complexity index is 565. The van der Waals surface area contributed by atoms with E-state index in [1.807, 2.05) is 6.07 Å². The number of benzene rings is 1. The van der Waals surface area contributed by atoms with E-state index in [1.54, 1.807) is 0 Å². The van der Waals surface area contributed by atoms with Gasteiger partial charge >= 0.3 is 0 Å². The second kappa shape index (κ2) is 5.35. The van der Waals surface area contributed by atoms with Gasteiger partial charge in [0.2, 0.25) is 5.91 Å². The van der Waals surface area contributed by atoms with Crippen LogP contribution in [0, 0.1) is 21.4 Å². The van der Waals surface area contributed by atoms with Crippen molar-refractivity contribution in [1.29, 1.82) is 5.26 Å². The summed E-state index contributed by atoms with van der Waals surface area (Å²) < 4.78 is 0. The first kappa shape index (κ1) is 12.8. The van der Waals surface area contributed by atoms with E-state index in [9.17, 15) is 14.9 Å². The highest BCUT2D eigenvalue weighted by atomic mass is 16.6. The molecule has 1 aromatic carbocycles. The van der Waals surface area contributed by atoms with Crippen molar-refractivity contribution in [2.24, 2.45) is 0 Å². The highest BCUT2D eigenvalue weighted by Gasteiger charge is 2.23. The van der Waals surface area contributed by atoms with Crippen molar-refractivity contribution < 1.29 is 9.72 Å². The van der Waals surface area contributed by atoms with E-state index in [1.165, 1.54) is 18.2 Å². The summed E-state index contributed by atoms with van der Waals surface area (Å²) in [6, 6.07) is 5.46. The smallest absolute Gasteiger partial charge is 0.270 e. The minimum absolute atomic E-state index is 0.117. The molecule has 1 amide bonds. The van der Waals surface area contributed by atoms with Gasteiger partial charge in [-0.1, -0.05) is 0 Å². The second-order valence-corrected chi connectivity index (χ2v) is 4.23. The highest BCUT2D eigenvalue weighted by Crippen LogP contribution is 2.23. The normalized spacial score (nSPS) is 18.3. The van der Waals surface area contributed by atoms with Crippen LogP contribution in [0.15, 0.2) is 18.2 Å². The molecule has 7 nitrogen and oxygen atoms in total. The van der Waals surface area contributed by atoms with Crippen molar-refractivity contribution in [3.8, 4) is 6.07 Å². The number of nitrogens with zero attached hydrogens (tertiary/aromatic N) is 2. The van der Waals surface area contributed by atoms with Gasteiger partial charge in [0.25, 0.3) is 5.69 Å². The number of nitro groups is 1. The number of nitrogens with one attached hydrogen (secondary N) is 2. The molecule has 2 N–H and O–H groups in total. The van der Waals surface area contributed by atoms with Gasteiger partial charge in [0, 0.05) is 18.7 Å². The van der Waals surface area contributed by atoms with Crippen LogP contribution >= 0.6 is 0 Å². The number of carbonyl (C=O) groups excluding carboxylic acids is 1. The molecule has 19 heavy (non-hydrogen) atoms. The second-order valence-electron chi connectivity index (χ2n) is 4.23. The van der Waals surface area contributed by atoms with Gasteiger partial charge in [-0.25, -0.2) is 0 Å². The summed E-state index contributed by atoms with van der Waals surface area (Å²) in [4.78, 5) is 21.7. The fourth-order valence-electron chi connectivity index (χ4n) is 1.96. The topological polar surface area (TPSA) is 108 Å². The third-order valence-electron chi connectivity index (χ3n) is 2.95. The number of nitriles is 1. The summed E-state index contributed by atoms with van der Waals surface area (Å²) in [7, 11) is 0. The molecule has 0 bridgehead atoms. The number of non-ortho nitro benzene ring substituents is 1. The van der Waals surface area contributed by atoms with E-state index in [0.29, 0.717) is 18.7 Å². The van der Waals surface area contributed by atoms with Crippen LogP contribution < -0.4 is 10.6 Å². The Balaban J connectivity index is 2.22. The predicted octanol–water partition coefficient (Wildman–Crippen LogP) is 1.16. The lowest BCUT2D eigenvalue weighted by Gasteiger charge is -2.24. The average molecular weight is 260 g/mol. The number of rotatable bonds is 3. The SMILES string of the molecule is N#Cc1cc([N+](=O)[O-])ccc1NC1CCCNC1=O. The fraction of sp³-hybridized carbons (Fsp3) is 0.333. The van der Waals surface area contributed by atoms with Crippen molar-refractivity contribution >= 4 is 17.3 Å². The third kappa shape index (κ3) is 2.80. The Morgan fingerprint density at radius 2 is 2.32 bits per heavy atom. The zero-order valence-electron chi connectivity index (χ0n) is 10.0. The molecule has 1 aromatic rings. The molecule has 0 spiro atoms. The highest BCUT2D eigenvalue weighted by molar-refractivity contribution is 5.85. The van der Waals surface area contributed by atoms with Crippen molar-refractivity contribution in [2.45, 2.75) is 18.9 Å². The van der Waals surface area contributed by atoms with Gasteiger partial charge in [-0.15, -0.1) is 0 Å². The van der Waals surface area contributed by atoms with Gasteiger partial charge in [-0.3, -0.25) is 14.9 Å². The third-order valence-corrected chi connectivity index (χ3v) is 2.95. The average Bonchev–Trinajstić information content (AvgIpc) is 2.41. The van der Waals surface area contributed by atoms with Crippen LogP contribution in [0.2, 0.25) is 0 Å². The van der Waals surface area contributed by atoms with Gasteiger partial charge in [-0.2, -0.15) is 5.26 Å². The Labute approximate surface area is 109 Å². The molecule has 1 unspecified atom stereocenters. The van der Waals surface area contributed by atoms with Crippen LogP contribution in [0.4, 0.5) is 11.4 Å². The van der Waals surface area contributed by atoms with E-state index in [4.69, 9.17) is 5.26 Å². The lowest BCUT2D eigenvalue weighted by atomic mass is 10.1. The standard InChI is InChI=1S/C12H12N4O3/c13-7-8-6-9(16(18)19)3-4-10(8)15-11-2-1-5-14-12(11)17/h3-4,6,11,15H,1-2,5H2,(H,14,17). The fourth-order valence-corrected chi connectivity index (χ4v) is 1.96. The number of amides is 1. The molecule has 1 fully saturated rings. The first-order valence-electron chi connectivity index (χ1n) is 5.84. The molecular formula is C12H12N4O3. The minimum atomic E-state index is -0.558. The molecule has 1 heterocycles. The summed E-state index contributed by atoms with van der Waals surface area (Å²) in [6.07, 6.45) is 1.53. The van der Waals surface area contributed by atoms with Crippen molar-refractivity contribution in [1.82, 2.24) is 5.32 Å². The number of carbonyl (C=O) groups is 1. The molecule has 2 rings (SSSR count). The van der Waals surface area contributed by atoms with Crippen LogP contribution in [-0.2, 0) is 4.79 Å². The number of nitro benzene ring substituents is 1. The molecule has 1 atom stereocenters. The van der Waals surface area contributed by atoms with Gasteiger partial charge in [0.05, 0.1) is 16.2 Å². The summed E-state index contributed by atoms with van der Waals surface area (Å²) in [6.45, 7) is 0.655. The number of anilines is 1. The van der Waals surface area contributed by atoms with Crippen LogP contribution in [0.1, 0.15) is 18.4 Å². The van der Waals surface area contributed by atoms with Crippen LogP contribution in [-0.4, -0.2) is 23.4 Å². The molecule has 7 heteroatoms. The zero-order valence-corrected chi connectivity index (χ0v) is 10.0. The number of hydrogen-bond acceptors (Lipinski definition) is 5. The zero-order chi connectivity index (χ0) is 13.8. The van der Waals surface area contributed by atoms with Crippen LogP contribution in [0.25, 0.3) is 0 Å². The molecule has 98 valence electrons. The van der Waals surface area contributed by atoms with E-state index < -0.39 is 11.0 Å². The summed E-state index contributed by atoms with van der Waals surface area (Å²) in [5.41, 5.74) is 0.456. The molecule has 0 radical (unpaired) electrons. The monoisotopic (exact) mass is 260 g/mol. The summed E-state index contributed by atoms with van der Waals surface area (Å²) in [5.74, 6) is -0.117. The van der Waals surface area contributed by atoms with Crippen molar-refractivity contribution in [3.05, 3.63) is 33.9 Å². The van der Waals surface area contributed by atoms with E-state index in [2.05, 4.69) is 10.6 Å². The lowest BCUT2D eigenvalue weighted by molar-refractivity contribution is -0.384. The molecule has 1 aliphatic rings. The van der Waals surface area contributed by atoms with E-state index in [-0.39, 0.29) is 17.2 Å². The Hall–Kier alpha value is -2.62. The lowest BCUT2D eigenvalue weighted by Crippen LogP contribution is -2.44. The van der Waals surface area contributed by atoms with E-state index in [0.717, 1.165) is 6.42 Å². The first-order chi connectivity index (χ1) is 9.11. The summed E-state index contributed by atoms with van der Waals surface area (Å²) >= 11 is 0. The maximum Gasteiger partial charge on any atom is 0.270 e. The maximum atomic E-state index is 11.6. The molecule has 1 aliphatic heterocycles. The van der Waals surface area contributed by atoms with Gasteiger partial charge < -0.3 is 10.6 Å². The minimum Gasteiger partial charge on any atom is -0.373 e. The van der Waals surface area contributed by atoms with E-state index >= 15 is 0 Å². The van der Waals surface area contributed by atoms with Gasteiger partial charge in [-0.05, 0) is 18.9 Å². The van der Waals surface area contributed by atoms with Crippen LogP contribution in [0.3, 0.4) is 0 Å². The number of hydrogen-bond donors (Lipinski definition) is 2. The van der Waals surface area contributed by atoms with Crippen molar-refractivity contribution in [3.63, 3.8) is 0 Å². The largest absolute Gasteiger partial charge is 0.373 e. The summed E-state index contributed by atoms with van der Waals surface area (Å²) in [5, 5.41) is 25.3. The van der Waals surface area contributed by atoms with Crippen LogP contribution in [0.5, 0.6) is 0 Å². The number of piperidine rings is 1. The molecule has 0 aliphatic carbocycles.